The van der Waals surface area contributed by atoms with Crippen molar-refractivity contribution in [3.8, 4) is 6.07 Å². The summed E-state index contributed by atoms with van der Waals surface area (Å²) in [5.74, 6) is 0. The number of allylic oxidation sites excluding steroid dienone is 1. The smallest absolute Gasteiger partial charge is 0.0998 e. The second-order valence-electron chi connectivity index (χ2n) is 8.36. The lowest BCUT2D eigenvalue weighted by molar-refractivity contribution is 0.590. The number of para-hydroxylation sites is 1. The topological polar surface area (TPSA) is 28.7 Å². The summed E-state index contributed by atoms with van der Waals surface area (Å²) in [7, 11) is 0. The highest BCUT2D eigenvalue weighted by molar-refractivity contribution is 7.08. The first-order valence-electron chi connectivity index (χ1n) is 9.77. The Bertz CT molecular complexity index is 1190. The highest BCUT2D eigenvalue weighted by Crippen LogP contribution is 2.28. The van der Waals surface area contributed by atoms with Gasteiger partial charge in [-0.3, -0.25) is 0 Å². The average Bonchev–Trinajstić information content (AvgIpc) is 3.35. The van der Waals surface area contributed by atoms with Crippen molar-refractivity contribution in [2.45, 2.75) is 32.7 Å². The van der Waals surface area contributed by atoms with Gasteiger partial charge in [0, 0.05) is 34.8 Å². The van der Waals surface area contributed by atoms with Gasteiger partial charge in [0.25, 0.3) is 0 Å². The first-order valence-corrected chi connectivity index (χ1v) is 10.7. The highest BCUT2D eigenvalue weighted by Gasteiger charge is 2.13. The molecule has 0 aliphatic carbocycles. The summed E-state index contributed by atoms with van der Waals surface area (Å²) in [5.41, 5.74) is 6.71. The Morgan fingerprint density at radius 2 is 1.83 bits per heavy atom. The molecule has 0 aliphatic rings. The number of aromatic nitrogens is 1. The van der Waals surface area contributed by atoms with E-state index in [-0.39, 0.29) is 5.41 Å². The number of rotatable bonds is 4. The van der Waals surface area contributed by atoms with Crippen LogP contribution in [-0.4, -0.2) is 4.57 Å². The van der Waals surface area contributed by atoms with Crippen LogP contribution in [0.5, 0.6) is 0 Å². The standard InChI is InChI=1S/C26H24N2S/c1-26(2,3)23-10-8-19(9-11-23)16-28-17-22(24-6-4-5-7-25(24)28)14-21(15-27)20-12-13-29-18-20/h4-14,17-18H,16H2,1-3H3. The van der Waals surface area contributed by atoms with Gasteiger partial charge in [-0.15, -0.1) is 0 Å². The van der Waals surface area contributed by atoms with Gasteiger partial charge in [0.15, 0.2) is 0 Å². The van der Waals surface area contributed by atoms with E-state index >= 15 is 0 Å². The largest absolute Gasteiger partial charge is 0.342 e. The monoisotopic (exact) mass is 396 g/mol. The molecule has 2 aromatic carbocycles. The van der Waals surface area contributed by atoms with Crippen LogP contribution < -0.4 is 0 Å². The Morgan fingerprint density at radius 1 is 1.07 bits per heavy atom. The van der Waals surface area contributed by atoms with Crippen LogP contribution >= 0.6 is 11.3 Å². The van der Waals surface area contributed by atoms with Gasteiger partial charge >= 0.3 is 0 Å². The minimum absolute atomic E-state index is 0.159. The molecule has 0 atom stereocenters. The number of benzene rings is 2. The molecule has 0 unspecified atom stereocenters. The number of hydrogen-bond acceptors (Lipinski definition) is 2. The average molecular weight is 397 g/mol. The predicted molar refractivity (Wildman–Crippen MR) is 124 cm³/mol. The van der Waals surface area contributed by atoms with Gasteiger partial charge < -0.3 is 4.57 Å². The van der Waals surface area contributed by atoms with Crippen LogP contribution in [0.1, 0.15) is 43.0 Å². The van der Waals surface area contributed by atoms with Gasteiger partial charge in [0.05, 0.1) is 11.6 Å². The molecule has 4 aromatic rings. The fourth-order valence-corrected chi connectivity index (χ4v) is 4.24. The third kappa shape index (κ3) is 4.04. The van der Waals surface area contributed by atoms with E-state index in [1.165, 1.54) is 22.0 Å². The molecule has 0 aliphatic heterocycles. The molecular formula is C26H24N2S. The third-order valence-corrected chi connectivity index (χ3v) is 5.93. The maximum atomic E-state index is 9.64. The van der Waals surface area contributed by atoms with E-state index in [2.05, 4.69) is 86.1 Å². The molecule has 3 heteroatoms. The van der Waals surface area contributed by atoms with E-state index in [0.717, 1.165) is 17.7 Å². The maximum absolute atomic E-state index is 9.64. The van der Waals surface area contributed by atoms with Crippen molar-refractivity contribution in [2.24, 2.45) is 0 Å². The molecule has 0 spiro atoms. The zero-order valence-electron chi connectivity index (χ0n) is 17.0. The molecule has 2 aromatic heterocycles. The first-order chi connectivity index (χ1) is 14.0. The van der Waals surface area contributed by atoms with Crippen LogP contribution in [-0.2, 0) is 12.0 Å². The van der Waals surface area contributed by atoms with Crippen molar-refractivity contribution in [1.82, 2.24) is 4.57 Å². The Labute approximate surface area is 176 Å². The molecule has 2 nitrogen and oxygen atoms in total. The number of nitrogens with zero attached hydrogens (tertiary/aromatic N) is 2. The Hall–Kier alpha value is -3.09. The molecule has 0 fully saturated rings. The Kier molecular flexibility index (Phi) is 5.13. The second kappa shape index (κ2) is 7.73. The van der Waals surface area contributed by atoms with Gasteiger partial charge in [0.1, 0.15) is 0 Å². The molecule has 0 N–H and O–H groups in total. The van der Waals surface area contributed by atoms with E-state index < -0.39 is 0 Å². The lowest BCUT2D eigenvalue weighted by atomic mass is 9.87. The number of fused-ring (bicyclic) bond motifs is 1. The van der Waals surface area contributed by atoms with Gasteiger partial charge in [-0.2, -0.15) is 16.6 Å². The number of hydrogen-bond donors (Lipinski definition) is 0. The molecule has 144 valence electrons. The quantitative estimate of drug-likeness (QED) is 0.338. The zero-order valence-corrected chi connectivity index (χ0v) is 17.8. The van der Waals surface area contributed by atoms with E-state index in [1.54, 1.807) is 11.3 Å². The van der Waals surface area contributed by atoms with Gasteiger partial charge in [-0.05, 0) is 45.5 Å². The Morgan fingerprint density at radius 3 is 2.48 bits per heavy atom. The summed E-state index contributed by atoms with van der Waals surface area (Å²) in [6.45, 7) is 7.51. The van der Waals surface area contributed by atoms with Crippen LogP contribution in [0.15, 0.2) is 71.6 Å². The summed E-state index contributed by atoms with van der Waals surface area (Å²) in [6.07, 6.45) is 4.16. The fraction of sp³-hybridized carbons (Fsp3) is 0.192. The number of nitriles is 1. The molecule has 0 amide bonds. The third-order valence-electron chi connectivity index (χ3n) is 5.24. The van der Waals surface area contributed by atoms with Gasteiger partial charge in [-0.1, -0.05) is 63.2 Å². The van der Waals surface area contributed by atoms with E-state index in [1.807, 2.05) is 22.9 Å². The highest BCUT2D eigenvalue weighted by atomic mass is 32.1. The molecule has 0 bridgehead atoms. The summed E-state index contributed by atoms with van der Waals surface area (Å²) in [4.78, 5) is 0. The second-order valence-corrected chi connectivity index (χ2v) is 9.14. The van der Waals surface area contributed by atoms with E-state index in [9.17, 15) is 5.26 Å². The molecule has 4 rings (SSSR count). The van der Waals surface area contributed by atoms with Crippen LogP contribution in [0.4, 0.5) is 0 Å². The van der Waals surface area contributed by atoms with Crippen molar-refractivity contribution < 1.29 is 0 Å². The lowest BCUT2D eigenvalue weighted by Gasteiger charge is -2.19. The molecule has 29 heavy (non-hydrogen) atoms. The molecule has 0 radical (unpaired) electrons. The minimum atomic E-state index is 0.159. The SMILES string of the molecule is CC(C)(C)c1ccc(Cn2cc(C=C(C#N)c3ccsc3)c3ccccc32)cc1. The van der Waals surface area contributed by atoms with Crippen LogP contribution in [0.2, 0.25) is 0 Å². The predicted octanol–water partition coefficient (Wildman–Crippen LogP) is 7.11. The van der Waals surface area contributed by atoms with Crippen molar-refractivity contribution in [3.63, 3.8) is 0 Å². The van der Waals surface area contributed by atoms with Gasteiger partial charge in [0.2, 0.25) is 0 Å². The molecule has 0 saturated carbocycles. The summed E-state index contributed by atoms with van der Waals surface area (Å²) in [6, 6.07) is 21.6. The Balaban J connectivity index is 1.72. The van der Waals surface area contributed by atoms with Crippen molar-refractivity contribution in [3.05, 3.63) is 93.8 Å². The van der Waals surface area contributed by atoms with Crippen LogP contribution in [0.3, 0.4) is 0 Å². The molecular weight excluding hydrogens is 372 g/mol. The maximum Gasteiger partial charge on any atom is 0.0998 e. The van der Waals surface area contributed by atoms with Crippen molar-refractivity contribution in [2.75, 3.05) is 0 Å². The van der Waals surface area contributed by atoms with Crippen LogP contribution in [0, 0.1) is 11.3 Å². The minimum Gasteiger partial charge on any atom is -0.342 e. The number of thiophene rings is 1. The summed E-state index contributed by atoms with van der Waals surface area (Å²) < 4.78 is 2.27. The summed E-state index contributed by atoms with van der Waals surface area (Å²) in [5, 5.41) is 14.8. The van der Waals surface area contributed by atoms with Crippen molar-refractivity contribution >= 4 is 33.9 Å². The lowest BCUT2D eigenvalue weighted by Crippen LogP contribution is -2.10. The fourth-order valence-electron chi connectivity index (χ4n) is 3.58. The van der Waals surface area contributed by atoms with Gasteiger partial charge in [-0.25, -0.2) is 0 Å². The summed E-state index contributed by atoms with van der Waals surface area (Å²) >= 11 is 1.61. The van der Waals surface area contributed by atoms with E-state index in [0.29, 0.717) is 5.57 Å². The van der Waals surface area contributed by atoms with Crippen molar-refractivity contribution in [1.29, 1.82) is 5.26 Å². The normalized spacial score (nSPS) is 12.3. The molecule has 2 heterocycles. The molecule has 0 saturated heterocycles. The first kappa shape index (κ1) is 19.2. The van der Waals surface area contributed by atoms with E-state index in [4.69, 9.17) is 0 Å². The van der Waals surface area contributed by atoms with Crippen LogP contribution in [0.25, 0.3) is 22.6 Å². The zero-order chi connectivity index (χ0) is 20.4.